The van der Waals surface area contributed by atoms with Crippen LogP contribution in [0.25, 0.3) is 0 Å². The summed E-state index contributed by atoms with van der Waals surface area (Å²) in [5.74, 6) is -0.724. The van der Waals surface area contributed by atoms with Crippen LogP contribution in [-0.4, -0.2) is 25.1 Å². The maximum atomic E-state index is 12.6. The number of anilines is 1. The lowest BCUT2D eigenvalue weighted by Gasteiger charge is -2.11. The highest BCUT2D eigenvalue weighted by atomic mass is 19.4. The lowest BCUT2D eigenvalue weighted by atomic mass is 10.1. The Labute approximate surface area is 145 Å². The molecule has 0 aliphatic heterocycles. The van der Waals surface area contributed by atoms with Gasteiger partial charge in [0.15, 0.2) is 11.5 Å². The average molecular weight is 370 g/mol. The third-order valence-corrected chi connectivity index (χ3v) is 3.41. The van der Waals surface area contributed by atoms with Gasteiger partial charge in [-0.3, -0.25) is 14.9 Å². The van der Waals surface area contributed by atoms with Gasteiger partial charge >= 0.3 is 6.18 Å². The van der Waals surface area contributed by atoms with Crippen LogP contribution in [0.3, 0.4) is 0 Å². The Morgan fingerprint density at radius 3 is 2.08 bits per heavy atom. The number of nitrogens with one attached hydrogen (secondary N) is 1. The van der Waals surface area contributed by atoms with Crippen LogP contribution in [0.4, 0.5) is 24.5 Å². The van der Waals surface area contributed by atoms with E-state index in [1.165, 1.54) is 14.2 Å². The van der Waals surface area contributed by atoms with Gasteiger partial charge in [0.2, 0.25) is 0 Å². The fourth-order valence-corrected chi connectivity index (χ4v) is 2.14. The second-order valence-corrected chi connectivity index (χ2v) is 5.01. The molecule has 1 N–H and O–H groups in total. The number of hydrogen-bond donors (Lipinski definition) is 1. The van der Waals surface area contributed by atoms with Crippen molar-refractivity contribution in [3.05, 3.63) is 57.6 Å². The number of nitro benzene ring substituents is 1. The molecule has 0 heterocycles. The van der Waals surface area contributed by atoms with E-state index in [-0.39, 0.29) is 22.7 Å². The summed E-state index contributed by atoms with van der Waals surface area (Å²) >= 11 is 0. The van der Waals surface area contributed by atoms with Crippen LogP contribution in [0.2, 0.25) is 0 Å². The molecule has 26 heavy (non-hydrogen) atoms. The molecule has 1 amide bonds. The molecule has 0 unspecified atom stereocenters. The number of alkyl halides is 3. The van der Waals surface area contributed by atoms with Crippen molar-refractivity contribution in [2.24, 2.45) is 0 Å². The van der Waals surface area contributed by atoms with Crippen LogP contribution in [0.5, 0.6) is 11.5 Å². The minimum absolute atomic E-state index is 0.0482. The molecule has 7 nitrogen and oxygen atoms in total. The number of benzene rings is 2. The molecule has 0 fully saturated rings. The number of nitro groups is 1. The zero-order valence-electron chi connectivity index (χ0n) is 13.6. The molecule has 10 heteroatoms. The number of hydrogen-bond acceptors (Lipinski definition) is 5. The van der Waals surface area contributed by atoms with E-state index in [0.717, 1.165) is 36.4 Å². The lowest BCUT2D eigenvalue weighted by Crippen LogP contribution is -2.15. The average Bonchev–Trinajstić information content (AvgIpc) is 2.59. The zero-order valence-corrected chi connectivity index (χ0v) is 13.6. The minimum atomic E-state index is -4.51. The minimum Gasteiger partial charge on any atom is -0.493 e. The molecule has 0 bridgehead atoms. The third-order valence-electron chi connectivity index (χ3n) is 3.41. The number of halogens is 3. The summed E-state index contributed by atoms with van der Waals surface area (Å²) in [4.78, 5) is 22.8. The highest BCUT2D eigenvalue weighted by Crippen LogP contribution is 2.35. The first kappa shape index (κ1) is 19.0. The normalized spacial score (nSPS) is 11.0. The van der Waals surface area contributed by atoms with Gasteiger partial charge in [-0.1, -0.05) is 0 Å². The van der Waals surface area contributed by atoms with E-state index in [4.69, 9.17) is 9.47 Å². The molecule has 0 radical (unpaired) electrons. The van der Waals surface area contributed by atoms with Gasteiger partial charge in [-0.15, -0.1) is 0 Å². The SMILES string of the molecule is COc1cc(C(=O)Nc2ccc(C(F)(F)F)cc2)c([N+](=O)[O-])cc1OC. The van der Waals surface area contributed by atoms with Crippen molar-refractivity contribution < 1.29 is 32.4 Å². The zero-order chi connectivity index (χ0) is 19.5. The van der Waals surface area contributed by atoms with E-state index in [2.05, 4.69) is 5.32 Å². The van der Waals surface area contributed by atoms with E-state index < -0.39 is 28.3 Å². The summed E-state index contributed by atoms with van der Waals surface area (Å²) in [6.45, 7) is 0. The second-order valence-electron chi connectivity index (χ2n) is 5.01. The molecule has 138 valence electrons. The Kier molecular flexibility index (Phi) is 5.34. The molecule has 0 aromatic heterocycles. The number of ether oxygens (including phenoxy) is 2. The maximum Gasteiger partial charge on any atom is 0.416 e. The highest BCUT2D eigenvalue weighted by Gasteiger charge is 2.30. The van der Waals surface area contributed by atoms with Crippen molar-refractivity contribution >= 4 is 17.3 Å². The largest absolute Gasteiger partial charge is 0.493 e. The first-order valence-corrected chi connectivity index (χ1v) is 7.06. The Morgan fingerprint density at radius 1 is 1.08 bits per heavy atom. The smallest absolute Gasteiger partial charge is 0.416 e. The fraction of sp³-hybridized carbons (Fsp3) is 0.188. The van der Waals surface area contributed by atoms with Gasteiger partial charge in [-0.05, 0) is 24.3 Å². The predicted molar refractivity (Wildman–Crippen MR) is 85.6 cm³/mol. The molecule has 0 saturated carbocycles. The molecular formula is C16H13F3N2O5. The number of amides is 1. The van der Waals surface area contributed by atoms with Crippen molar-refractivity contribution in [1.82, 2.24) is 0 Å². The summed E-state index contributed by atoms with van der Waals surface area (Å²) in [6.07, 6.45) is -4.51. The molecule has 2 rings (SSSR count). The molecule has 0 aliphatic rings. The van der Waals surface area contributed by atoms with E-state index in [9.17, 15) is 28.1 Å². The summed E-state index contributed by atoms with van der Waals surface area (Å²) in [5, 5.41) is 13.5. The number of carbonyl (C=O) groups excluding carboxylic acids is 1. The number of nitrogens with zero attached hydrogens (tertiary/aromatic N) is 1. The van der Waals surface area contributed by atoms with Crippen molar-refractivity contribution in [3.63, 3.8) is 0 Å². The van der Waals surface area contributed by atoms with Crippen LogP contribution in [0.1, 0.15) is 15.9 Å². The summed E-state index contributed by atoms with van der Waals surface area (Å²) in [7, 11) is 2.57. The van der Waals surface area contributed by atoms with Crippen molar-refractivity contribution in [1.29, 1.82) is 0 Å². The Morgan fingerprint density at radius 2 is 1.62 bits per heavy atom. The topological polar surface area (TPSA) is 90.7 Å². The third kappa shape index (κ3) is 4.02. The van der Waals surface area contributed by atoms with E-state index in [0.29, 0.717) is 0 Å². The van der Waals surface area contributed by atoms with E-state index in [1.807, 2.05) is 0 Å². The van der Waals surface area contributed by atoms with Crippen LogP contribution in [0.15, 0.2) is 36.4 Å². The quantitative estimate of drug-likeness (QED) is 0.637. The lowest BCUT2D eigenvalue weighted by molar-refractivity contribution is -0.385. The van der Waals surface area contributed by atoms with Gasteiger partial charge in [-0.25, -0.2) is 0 Å². The summed E-state index contributed by atoms with van der Waals surface area (Å²) < 4.78 is 47.6. The Balaban J connectivity index is 2.35. The maximum absolute atomic E-state index is 12.6. The molecule has 0 spiro atoms. The van der Waals surface area contributed by atoms with E-state index in [1.54, 1.807) is 0 Å². The van der Waals surface area contributed by atoms with Crippen molar-refractivity contribution in [2.45, 2.75) is 6.18 Å². The Bertz CT molecular complexity index is 835. The van der Waals surface area contributed by atoms with Gasteiger partial charge in [0, 0.05) is 11.8 Å². The molecule has 2 aromatic carbocycles. The second kappa shape index (κ2) is 7.30. The van der Waals surface area contributed by atoms with Crippen LogP contribution in [-0.2, 0) is 6.18 Å². The summed E-state index contributed by atoms with van der Waals surface area (Å²) in [6, 6.07) is 5.83. The molecule has 2 aromatic rings. The monoisotopic (exact) mass is 370 g/mol. The van der Waals surface area contributed by atoms with E-state index >= 15 is 0 Å². The molecule has 0 atom stereocenters. The van der Waals surface area contributed by atoms with Crippen molar-refractivity contribution in [3.8, 4) is 11.5 Å². The standard InChI is InChI=1S/C16H13F3N2O5/c1-25-13-7-11(12(21(23)24)8-14(13)26-2)15(22)20-10-5-3-9(4-6-10)16(17,18)19/h3-8H,1-2H3,(H,20,22). The Hall–Kier alpha value is -3.30. The summed E-state index contributed by atoms with van der Waals surface area (Å²) in [5.41, 5.74) is -1.70. The fourth-order valence-electron chi connectivity index (χ4n) is 2.14. The van der Waals surface area contributed by atoms with Crippen LogP contribution < -0.4 is 14.8 Å². The first-order valence-electron chi connectivity index (χ1n) is 7.06. The number of methoxy groups -OCH3 is 2. The van der Waals surface area contributed by atoms with Crippen molar-refractivity contribution in [2.75, 3.05) is 19.5 Å². The number of carbonyl (C=O) groups is 1. The van der Waals surface area contributed by atoms with Gasteiger partial charge < -0.3 is 14.8 Å². The van der Waals surface area contributed by atoms with Gasteiger partial charge in [0.05, 0.1) is 30.8 Å². The van der Waals surface area contributed by atoms with Gasteiger partial charge in [-0.2, -0.15) is 13.2 Å². The number of rotatable bonds is 5. The first-order chi connectivity index (χ1) is 12.2. The molecule has 0 saturated heterocycles. The van der Waals surface area contributed by atoms with Gasteiger partial charge in [0.1, 0.15) is 5.56 Å². The van der Waals surface area contributed by atoms with Crippen LogP contribution in [0, 0.1) is 10.1 Å². The highest BCUT2D eigenvalue weighted by molar-refractivity contribution is 6.07. The molecule has 0 aliphatic carbocycles. The predicted octanol–water partition coefficient (Wildman–Crippen LogP) is 3.88. The van der Waals surface area contributed by atoms with Crippen LogP contribution >= 0.6 is 0 Å². The van der Waals surface area contributed by atoms with Gasteiger partial charge in [0.25, 0.3) is 11.6 Å². The molecular weight excluding hydrogens is 357 g/mol.